The fourth-order valence-electron chi connectivity index (χ4n) is 6.07. The third kappa shape index (κ3) is 8.55. The van der Waals surface area contributed by atoms with Crippen LogP contribution in [0.4, 0.5) is 22.3 Å². The Labute approximate surface area is 368 Å². The molecule has 0 bridgehead atoms. The molecule has 306 valence electrons. The number of nitrogens with zero attached hydrogens (tertiary/aromatic N) is 10. The standard InChI is InChI=1S/C34H32Cl4N10O6S4/c1-45(29-23(37)6-20(35)9-39-29)22-8-25(55-14-22)34(52-12-28(50-4)54-34)16-48-32(42-18-44-48)58-57-31-41-17-43-47(31)15-33(51-11-27(49-3)53-33)19-5-26(56-13-19)46(2)30-24(38)7-21(36)10-40-30/h5-10,13-14,17-18,27-28H,11-12,15-16H2,1-4H3. The molecular weight excluding hydrogens is 915 g/mol. The van der Waals surface area contributed by atoms with Gasteiger partial charge in [0.2, 0.25) is 11.6 Å². The van der Waals surface area contributed by atoms with Gasteiger partial charge in [-0.2, -0.15) is 10.2 Å². The predicted octanol–water partition coefficient (Wildman–Crippen LogP) is 8.48. The van der Waals surface area contributed by atoms with Crippen LogP contribution in [0.3, 0.4) is 0 Å². The van der Waals surface area contributed by atoms with Gasteiger partial charge in [0.1, 0.15) is 39.0 Å². The first-order valence-electron chi connectivity index (χ1n) is 17.1. The van der Waals surface area contributed by atoms with Gasteiger partial charge < -0.3 is 38.2 Å². The largest absolute Gasteiger partial charge is 0.353 e. The molecule has 6 aromatic rings. The highest BCUT2D eigenvalue weighted by Crippen LogP contribution is 2.46. The van der Waals surface area contributed by atoms with Crippen LogP contribution in [0.15, 0.2) is 70.4 Å². The lowest BCUT2D eigenvalue weighted by molar-refractivity contribution is -0.222. The first kappa shape index (κ1) is 41.9. The maximum Gasteiger partial charge on any atom is 0.227 e. The summed E-state index contributed by atoms with van der Waals surface area (Å²) in [4.78, 5) is 22.4. The van der Waals surface area contributed by atoms with Gasteiger partial charge in [-0.25, -0.2) is 29.3 Å². The molecule has 0 aliphatic carbocycles. The van der Waals surface area contributed by atoms with Crippen molar-refractivity contribution in [2.75, 3.05) is 51.3 Å². The molecule has 0 saturated carbocycles. The maximum absolute atomic E-state index is 6.48. The Morgan fingerprint density at radius 3 is 1.86 bits per heavy atom. The summed E-state index contributed by atoms with van der Waals surface area (Å²) in [6.45, 7) is 0.752. The number of thiophene rings is 2. The van der Waals surface area contributed by atoms with E-state index in [2.05, 4.69) is 30.1 Å². The van der Waals surface area contributed by atoms with Crippen LogP contribution in [0, 0.1) is 0 Å². The monoisotopic (exact) mass is 944 g/mol. The van der Waals surface area contributed by atoms with Crippen molar-refractivity contribution in [1.29, 1.82) is 0 Å². The number of rotatable bonds is 15. The van der Waals surface area contributed by atoms with Gasteiger partial charge in [-0.15, -0.1) is 22.7 Å². The van der Waals surface area contributed by atoms with E-state index in [1.165, 1.54) is 56.9 Å². The highest BCUT2D eigenvalue weighted by Gasteiger charge is 2.47. The van der Waals surface area contributed by atoms with Crippen molar-refractivity contribution in [3.8, 4) is 0 Å². The smallest absolute Gasteiger partial charge is 0.227 e. The topological polar surface area (TPSA) is 149 Å². The van der Waals surface area contributed by atoms with Crippen LogP contribution >= 0.6 is 90.7 Å². The van der Waals surface area contributed by atoms with E-state index in [-0.39, 0.29) is 26.3 Å². The van der Waals surface area contributed by atoms with Crippen molar-refractivity contribution in [1.82, 2.24) is 39.5 Å². The normalized spacial score (nSPS) is 21.9. The number of halogens is 4. The number of aromatic nitrogens is 8. The number of anilines is 4. The summed E-state index contributed by atoms with van der Waals surface area (Å²) in [6.07, 6.45) is 4.85. The van der Waals surface area contributed by atoms with Gasteiger partial charge in [0.05, 0.1) is 35.7 Å². The van der Waals surface area contributed by atoms with Crippen LogP contribution in [-0.4, -0.2) is 93.6 Å². The van der Waals surface area contributed by atoms with Gasteiger partial charge in [-0.1, -0.05) is 46.4 Å². The first-order valence-corrected chi connectivity index (χ1v) is 22.5. The van der Waals surface area contributed by atoms with Crippen molar-refractivity contribution in [2.45, 2.75) is 47.6 Å². The summed E-state index contributed by atoms with van der Waals surface area (Å²) in [5.74, 6) is -1.38. The molecule has 4 unspecified atom stereocenters. The molecule has 0 radical (unpaired) electrons. The summed E-state index contributed by atoms with van der Waals surface area (Å²) in [5.41, 5.74) is 1.58. The Morgan fingerprint density at radius 1 is 0.741 bits per heavy atom. The molecule has 16 nitrogen and oxygen atoms in total. The second-order valence-electron chi connectivity index (χ2n) is 12.6. The van der Waals surface area contributed by atoms with E-state index in [9.17, 15) is 0 Å². The molecule has 2 saturated heterocycles. The van der Waals surface area contributed by atoms with Crippen LogP contribution < -0.4 is 9.80 Å². The van der Waals surface area contributed by atoms with Crippen molar-refractivity contribution < 1.29 is 28.4 Å². The van der Waals surface area contributed by atoms with Crippen molar-refractivity contribution in [3.63, 3.8) is 0 Å². The van der Waals surface area contributed by atoms with Gasteiger partial charge in [0, 0.05) is 57.0 Å². The van der Waals surface area contributed by atoms with Crippen molar-refractivity contribution in [2.24, 2.45) is 0 Å². The second kappa shape index (κ2) is 17.7. The highest BCUT2D eigenvalue weighted by atomic mass is 35.5. The Hall–Kier alpha value is -2.80. The Kier molecular flexibility index (Phi) is 12.8. The van der Waals surface area contributed by atoms with Gasteiger partial charge >= 0.3 is 0 Å². The molecule has 58 heavy (non-hydrogen) atoms. The zero-order chi connectivity index (χ0) is 40.6. The molecule has 0 N–H and O–H groups in total. The molecule has 0 spiro atoms. The molecule has 2 fully saturated rings. The van der Waals surface area contributed by atoms with Crippen LogP contribution in [0.5, 0.6) is 0 Å². The molecule has 2 aliphatic rings. The zero-order valence-electron chi connectivity index (χ0n) is 30.8. The van der Waals surface area contributed by atoms with E-state index in [1.54, 1.807) is 48.1 Å². The van der Waals surface area contributed by atoms with E-state index in [0.29, 0.717) is 42.0 Å². The molecule has 24 heteroatoms. The minimum absolute atomic E-state index is 0.164. The summed E-state index contributed by atoms with van der Waals surface area (Å²) in [6, 6.07) is 7.23. The second-order valence-corrected chi connectivity index (χ2v) is 18.2. The maximum atomic E-state index is 6.48. The van der Waals surface area contributed by atoms with Crippen molar-refractivity contribution >= 4 is 113 Å². The Bertz CT molecular complexity index is 2230. The summed E-state index contributed by atoms with van der Waals surface area (Å²) in [5, 5.41) is 16.7. The number of pyridine rings is 2. The molecule has 6 aromatic heterocycles. The SMILES string of the molecule is COC1COC(Cn2ncnc2SSc2ncnn2CC2(c3cc(N(C)c4ncc(Cl)cc4Cl)cs3)OCC(OC)O2)(c2csc(N(C)c3ncc(Cl)cc3Cl)c2)O1. The molecule has 8 rings (SSSR count). The minimum atomic E-state index is -1.24. The number of methoxy groups -OCH3 is 2. The van der Waals surface area contributed by atoms with E-state index < -0.39 is 24.2 Å². The summed E-state index contributed by atoms with van der Waals surface area (Å²) < 4.78 is 40.1. The first-order chi connectivity index (χ1) is 28.0. The average molecular weight is 947 g/mol. The lowest BCUT2D eigenvalue weighted by Gasteiger charge is -2.27. The van der Waals surface area contributed by atoms with Crippen LogP contribution in [0.1, 0.15) is 10.4 Å². The molecule has 8 heterocycles. The van der Waals surface area contributed by atoms with Crippen LogP contribution in [-0.2, 0) is 53.1 Å². The molecule has 0 aromatic carbocycles. The van der Waals surface area contributed by atoms with E-state index in [1.807, 2.05) is 46.8 Å². The van der Waals surface area contributed by atoms with Gasteiger partial charge in [-0.3, -0.25) is 0 Å². The average Bonchev–Trinajstić information content (AvgIpc) is 4.07. The molecule has 0 amide bonds. The quantitative estimate of drug-likeness (QED) is 0.0905. The molecule has 2 aliphatic heterocycles. The van der Waals surface area contributed by atoms with Crippen LogP contribution in [0.25, 0.3) is 0 Å². The van der Waals surface area contributed by atoms with E-state index in [4.69, 9.17) is 74.8 Å². The minimum Gasteiger partial charge on any atom is -0.353 e. The predicted molar refractivity (Wildman–Crippen MR) is 224 cm³/mol. The fraction of sp³-hybridized carbons (Fsp3) is 0.353. The summed E-state index contributed by atoms with van der Waals surface area (Å²) in [7, 11) is 9.57. The Morgan fingerprint density at radius 2 is 1.29 bits per heavy atom. The zero-order valence-corrected chi connectivity index (χ0v) is 37.1. The van der Waals surface area contributed by atoms with E-state index in [0.717, 1.165) is 21.1 Å². The number of ether oxygens (including phenoxy) is 6. The number of hydrogen-bond donors (Lipinski definition) is 0. The number of hydrogen-bond acceptors (Lipinski definition) is 18. The van der Waals surface area contributed by atoms with Gasteiger partial charge in [0.25, 0.3) is 0 Å². The van der Waals surface area contributed by atoms with E-state index >= 15 is 0 Å². The lowest BCUT2D eigenvalue weighted by Crippen LogP contribution is -2.34. The van der Waals surface area contributed by atoms with Gasteiger partial charge in [-0.05, 0) is 45.9 Å². The molecule has 4 atom stereocenters. The van der Waals surface area contributed by atoms with Crippen molar-refractivity contribution in [3.05, 3.63) is 90.6 Å². The van der Waals surface area contributed by atoms with Crippen LogP contribution in [0.2, 0.25) is 20.1 Å². The Balaban J connectivity index is 1.00. The third-order valence-electron chi connectivity index (χ3n) is 9.06. The fourth-order valence-corrected chi connectivity index (χ4v) is 11.0. The van der Waals surface area contributed by atoms with Gasteiger partial charge in [0.15, 0.2) is 34.5 Å². The molecular formula is C34H32Cl4N10O6S4. The summed E-state index contributed by atoms with van der Waals surface area (Å²) >= 11 is 28.1. The lowest BCUT2D eigenvalue weighted by atomic mass is 10.1. The third-order valence-corrected chi connectivity index (χ3v) is 14.2. The highest BCUT2D eigenvalue weighted by molar-refractivity contribution is 8.76.